The zero-order valence-corrected chi connectivity index (χ0v) is 9.75. The molecular weight excluding hydrogens is 247 g/mol. The van der Waals surface area contributed by atoms with E-state index in [1.165, 1.54) is 12.3 Å². The SMILES string of the molecule is O=C(Nc1ccncc1F)c1ccc2nccn2c1. The Morgan fingerprint density at radius 3 is 3.00 bits per heavy atom. The quantitative estimate of drug-likeness (QED) is 0.764. The summed E-state index contributed by atoms with van der Waals surface area (Å²) in [5, 5.41) is 2.50. The monoisotopic (exact) mass is 256 g/mol. The van der Waals surface area contributed by atoms with E-state index in [9.17, 15) is 9.18 Å². The number of aromatic nitrogens is 3. The molecule has 0 saturated heterocycles. The van der Waals surface area contributed by atoms with Crippen molar-refractivity contribution < 1.29 is 9.18 Å². The molecule has 0 fully saturated rings. The Balaban J connectivity index is 1.89. The molecule has 0 aromatic carbocycles. The lowest BCUT2D eigenvalue weighted by Gasteiger charge is -2.06. The van der Waals surface area contributed by atoms with Gasteiger partial charge in [-0.25, -0.2) is 9.37 Å². The minimum absolute atomic E-state index is 0.103. The maximum Gasteiger partial charge on any atom is 0.257 e. The van der Waals surface area contributed by atoms with E-state index in [0.29, 0.717) is 5.56 Å². The summed E-state index contributed by atoms with van der Waals surface area (Å²) in [5.74, 6) is -0.958. The van der Waals surface area contributed by atoms with Crippen LogP contribution in [0.25, 0.3) is 5.65 Å². The fourth-order valence-electron chi connectivity index (χ4n) is 1.73. The molecule has 0 unspecified atom stereocenters. The van der Waals surface area contributed by atoms with Gasteiger partial charge in [0.15, 0.2) is 5.82 Å². The van der Waals surface area contributed by atoms with E-state index in [0.717, 1.165) is 11.8 Å². The van der Waals surface area contributed by atoms with Gasteiger partial charge in [-0.15, -0.1) is 0 Å². The normalized spacial score (nSPS) is 10.6. The molecule has 0 radical (unpaired) electrons. The summed E-state index contributed by atoms with van der Waals surface area (Å²) in [6, 6.07) is 4.76. The summed E-state index contributed by atoms with van der Waals surface area (Å²) in [5.41, 5.74) is 1.26. The number of imidazole rings is 1. The molecule has 6 heteroatoms. The molecule has 1 amide bonds. The molecule has 3 heterocycles. The predicted octanol–water partition coefficient (Wildman–Crippen LogP) is 2.12. The van der Waals surface area contributed by atoms with Crippen LogP contribution in [0.2, 0.25) is 0 Å². The van der Waals surface area contributed by atoms with Crippen LogP contribution in [0.5, 0.6) is 0 Å². The minimum atomic E-state index is -0.570. The highest BCUT2D eigenvalue weighted by Gasteiger charge is 2.09. The van der Waals surface area contributed by atoms with E-state index in [1.54, 1.807) is 35.1 Å². The smallest absolute Gasteiger partial charge is 0.257 e. The third-order valence-electron chi connectivity index (χ3n) is 2.67. The van der Waals surface area contributed by atoms with Crippen LogP contribution in [0, 0.1) is 5.82 Å². The van der Waals surface area contributed by atoms with Gasteiger partial charge in [-0.05, 0) is 18.2 Å². The van der Waals surface area contributed by atoms with Crippen molar-refractivity contribution in [3.63, 3.8) is 0 Å². The van der Waals surface area contributed by atoms with Gasteiger partial charge in [-0.2, -0.15) is 0 Å². The molecule has 3 aromatic heterocycles. The van der Waals surface area contributed by atoms with Crippen molar-refractivity contribution in [3.8, 4) is 0 Å². The Labute approximate surface area is 107 Å². The van der Waals surface area contributed by atoms with Crippen molar-refractivity contribution in [1.82, 2.24) is 14.4 Å². The molecule has 0 atom stereocenters. The topological polar surface area (TPSA) is 59.3 Å². The first-order chi connectivity index (χ1) is 9.24. The van der Waals surface area contributed by atoms with E-state index in [2.05, 4.69) is 15.3 Å². The van der Waals surface area contributed by atoms with Crippen molar-refractivity contribution in [3.05, 3.63) is 60.6 Å². The molecule has 0 aliphatic heterocycles. The second-order valence-corrected chi connectivity index (χ2v) is 3.92. The molecule has 1 N–H and O–H groups in total. The fourth-order valence-corrected chi connectivity index (χ4v) is 1.73. The first kappa shape index (κ1) is 11.3. The largest absolute Gasteiger partial charge is 0.319 e. The number of hydrogen-bond acceptors (Lipinski definition) is 3. The van der Waals surface area contributed by atoms with Crippen LogP contribution in [-0.2, 0) is 0 Å². The van der Waals surface area contributed by atoms with Crippen molar-refractivity contribution in [1.29, 1.82) is 0 Å². The van der Waals surface area contributed by atoms with Crippen LogP contribution >= 0.6 is 0 Å². The van der Waals surface area contributed by atoms with Crippen molar-refractivity contribution in [2.75, 3.05) is 5.32 Å². The number of amides is 1. The second kappa shape index (κ2) is 4.49. The molecule has 19 heavy (non-hydrogen) atoms. The summed E-state index contributed by atoms with van der Waals surface area (Å²) < 4.78 is 15.1. The Morgan fingerprint density at radius 2 is 2.16 bits per heavy atom. The van der Waals surface area contributed by atoms with Gasteiger partial charge in [-0.3, -0.25) is 9.78 Å². The molecule has 0 aliphatic rings. The van der Waals surface area contributed by atoms with E-state index >= 15 is 0 Å². The van der Waals surface area contributed by atoms with Gasteiger partial charge in [0.25, 0.3) is 5.91 Å². The standard InChI is InChI=1S/C13H9FN4O/c14-10-7-15-4-3-11(10)17-13(19)9-1-2-12-16-5-6-18(12)8-9/h1-8H,(H,15,17,19). The van der Waals surface area contributed by atoms with E-state index < -0.39 is 5.82 Å². The zero-order chi connectivity index (χ0) is 13.2. The first-order valence-electron chi connectivity index (χ1n) is 5.57. The average molecular weight is 256 g/mol. The maximum atomic E-state index is 13.4. The van der Waals surface area contributed by atoms with Crippen LogP contribution in [0.3, 0.4) is 0 Å². The number of carbonyl (C=O) groups excluding carboxylic acids is 1. The van der Waals surface area contributed by atoms with Gasteiger partial charge in [0, 0.05) is 24.8 Å². The summed E-state index contributed by atoms with van der Waals surface area (Å²) >= 11 is 0. The number of nitrogens with zero attached hydrogens (tertiary/aromatic N) is 3. The maximum absolute atomic E-state index is 13.4. The van der Waals surface area contributed by atoms with Gasteiger partial charge in [0.1, 0.15) is 5.65 Å². The van der Waals surface area contributed by atoms with Gasteiger partial charge in [0.05, 0.1) is 17.4 Å². The van der Waals surface area contributed by atoms with Crippen molar-refractivity contribution in [2.45, 2.75) is 0 Å². The third-order valence-corrected chi connectivity index (χ3v) is 2.67. The Bertz CT molecular complexity index is 753. The predicted molar refractivity (Wildman–Crippen MR) is 67.3 cm³/mol. The number of halogens is 1. The number of anilines is 1. The van der Waals surface area contributed by atoms with Crippen LogP contribution in [0.4, 0.5) is 10.1 Å². The van der Waals surface area contributed by atoms with Gasteiger partial charge in [-0.1, -0.05) is 0 Å². The van der Waals surface area contributed by atoms with E-state index in [4.69, 9.17) is 0 Å². The highest BCUT2D eigenvalue weighted by molar-refractivity contribution is 6.04. The van der Waals surface area contributed by atoms with Crippen LogP contribution in [-0.4, -0.2) is 20.3 Å². The summed E-state index contributed by atoms with van der Waals surface area (Å²) in [4.78, 5) is 19.7. The molecular formula is C13H9FN4O. The zero-order valence-electron chi connectivity index (χ0n) is 9.75. The number of carbonyl (C=O) groups is 1. The number of pyridine rings is 2. The molecule has 0 bridgehead atoms. The Hall–Kier alpha value is -2.76. The molecule has 0 aliphatic carbocycles. The molecule has 3 aromatic rings. The van der Waals surface area contributed by atoms with E-state index in [-0.39, 0.29) is 11.6 Å². The van der Waals surface area contributed by atoms with Crippen LogP contribution in [0.15, 0.2) is 49.2 Å². The number of rotatable bonds is 2. The Kier molecular flexibility index (Phi) is 2.68. The number of fused-ring (bicyclic) bond motifs is 1. The van der Waals surface area contributed by atoms with Crippen LogP contribution < -0.4 is 5.32 Å². The van der Waals surface area contributed by atoms with Crippen LogP contribution in [0.1, 0.15) is 10.4 Å². The van der Waals surface area contributed by atoms with Gasteiger partial charge < -0.3 is 9.72 Å². The lowest BCUT2D eigenvalue weighted by Crippen LogP contribution is -2.13. The third kappa shape index (κ3) is 2.15. The summed E-state index contributed by atoms with van der Waals surface area (Å²) in [6.45, 7) is 0. The van der Waals surface area contributed by atoms with Gasteiger partial charge >= 0.3 is 0 Å². The molecule has 94 valence electrons. The summed E-state index contributed by atoms with van der Waals surface area (Å²) in [7, 11) is 0. The van der Waals surface area contributed by atoms with Gasteiger partial charge in [0.2, 0.25) is 0 Å². The second-order valence-electron chi connectivity index (χ2n) is 3.92. The van der Waals surface area contributed by atoms with E-state index in [1.807, 2.05) is 0 Å². The minimum Gasteiger partial charge on any atom is -0.319 e. The number of hydrogen-bond donors (Lipinski definition) is 1. The lowest BCUT2D eigenvalue weighted by atomic mass is 10.2. The summed E-state index contributed by atoms with van der Waals surface area (Å²) in [6.07, 6.45) is 7.47. The number of nitrogens with one attached hydrogen (secondary N) is 1. The highest BCUT2D eigenvalue weighted by atomic mass is 19.1. The fraction of sp³-hybridized carbons (Fsp3) is 0. The van der Waals surface area contributed by atoms with Crippen molar-refractivity contribution >= 4 is 17.2 Å². The Morgan fingerprint density at radius 1 is 1.26 bits per heavy atom. The first-order valence-corrected chi connectivity index (χ1v) is 5.57. The average Bonchev–Trinajstić information content (AvgIpc) is 2.88. The molecule has 3 rings (SSSR count). The highest BCUT2D eigenvalue weighted by Crippen LogP contribution is 2.13. The molecule has 0 saturated carbocycles. The van der Waals surface area contributed by atoms with Crippen molar-refractivity contribution in [2.24, 2.45) is 0 Å². The molecule has 5 nitrogen and oxygen atoms in total. The lowest BCUT2D eigenvalue weighted by molar-refractivity contribution is 0.102. The molecule has 0 spiro atoms.